The highest BCUT2D eigenvalue weighted by Gasteiger charge is 2.25. The van der Waals surface area contributed by atoms with Crippen LogP contribution in [0.4, 0.5) is 13.2 Å². The third-order valence-electron chi connectivity index (χ3n) is 5.14. The molecule has 30 heavy (non-hydrogen) atoms. The largest absolute Gasteiger partial charge is 0.486 e. The van der Waals surface area contributed by atoms with E-state index < -0.39 is 17.5 Å². The summed E-state index contributed by atoms with van der Waals surface area (Å²) in [7, 11) is 0. The molecule has 3 nitrogen and oxygen atoms in total. The molecule has 0 bridgehead atoms. The Morgan fingerprint density at radius 1 is 1.10 bits per heavy atom. The van der Waals surface area contributed by atoms with Crippen LogP contribution in [0.25, 0.3) is 11.1 Å². The fraction of sp³-hybridized carbons (Fsp3) is 0.417. The van der Waals surface area contributed by atoms with Crippen LogP contribution >= 0.6 is 0 Å². The van der Waals surface area contributed by atoms with Crippen molar-refractivity contribution in [2.24, 2.45) is 0 Å². The molecular weight excluding hydrogens is 393 g/mol. The van der Waals surface area contributed by atoms with E-state index in [-0.39, 0.29) is 35.7 Å². The standard InChI is InChI=1S/C24H27F3O3/c1-3-5-13-28-17-7-10-21(30-15-17)16-6-8-18(20(25)14-16)19-9-11-22(29-12-4-2)24(27)23(19)26/h4,6,8-9,11,14,17,21H,2-3,5,7,10,12-13,15H2,1H3. The number of ether oxygens (including phenoxy) is 3. The van der Waals surface area contributed by atoms with Gasteiger partial charge >= 0.3 is 0 Å². The van der Waals surface area contributed by atoms with Crippen molar-refractivity contribution >= 4 is 0 Å². The topological polar surface area (TPSA) is 27.7 Å². The SMILES string of the molecule is C=CCOc1ccc(-c2ccc(C3CCC(OCCCC)CO3)cc2F)c(F)c1F. The lowest BCUT2D eigenvalue weighted by Gasteiger charge is -2.29. The lowest BCUT2D eigenvalue weighted by atomic mass is 9.96. The number of halogens is 3. The van der Waals surface area contributed by atoms with Crippen molar-refractivity contribution in [3.05, 3.63) is 66.0 Å². The quantitative estimate of drug-likeness (QED) is 0.348. The van der Waals surface area contributed by atoms with Crippen LogP contribution < -0.4 is 4.74 Å². The van der Waals surface area contributed by atoms with Crippen LogP contribution in [0.3, 0.4) is 0 Å². The van der Waals surface area contributed by atoms with Gasteiger partial charge in [0.15, 0.2) is 11.6 Å². The Labute approximate surface area is 175 Å². The van der Waals surface area contributed by atoms with Gasteiger partial charge in [0.1, 0.15) is 12.4 Å². The molecule has 1 aliphatic heterocycles. The Balaban J connectivity index is 1.70. The number of rotatable bonds is 9. The van der Waals surface area contributed by atoms with Gasteiger partial charge in [-0.05, 0) is 43.0 Å². The molecule has 1 saturated heterocycles. The predicted molar refractivity (Wildman–Crippen MR) is 110 cm³/mol. The minimum atomic E-state index is -1.15. The summed E-state index contributed by atoms with van der Waals surface area (Å²) < 4.78 is 60.2. The Kier molecular flexibility index (Phi) is 7.94. The van der Waals surface area contributed by atoms with Crippen molar-refractivity contribution in [2.75, 3.05) is 19.8 Å². The van der Waals surface area contributed by atoms with Gasteiger partial charge in [0.05, 0.1) is 18.8 Å². The van der Waals surface area contributed by atoms with Crippen molar-refractivity contribution in [2.45, 2.75) is 44.8 Å². The molecule has 0 N–H and O–H groups in total. The summed E-state index contributed by atoms with van der Waals surface area (Å²) in [6.07, 6.45) is 4.91. The van der Waals surface area contributed by atoms with Crippen molar-refractivity contribution in [1.82, 2.24) is 0 Å². The molecule has 2 atom stereocenters. The van der Waals surface area contributed by atoms with Crippen molar-refractivity contribution < 1.29 is 27.4 Å². The molecule has 2 aromatic rings. The van der Waals surface area contributed by atoms with E-state index in [1.54, 1.807) is 6.07 Å². The zero-order chi connectivity index (χ0) is 21.5. The van der Waals surface area contributed by atoms with E-state index >= 15 is 0 Å². The van der Waals surface area contributed by atoms with Crippen LogP contribution in [0.2, 0.25) is 0 Å². The molecule has 0 saturated carbocycles. The average molecular weight is 420 g/mol. The van der Waals surface area contributed by atoms with Crippen molar-refractivity contribution in [1.29, 1.82) is 0 Å². The van der Waals surface area contributed by atoms with Gasteiger partial charge in [0.2, 0.25) is 5.82 Å². The molecule has 2 aromatic carbocycles. The van der Waals surface area contributed by atoms with E-state index in [9.17, 15) is 13.2 Å². The zero-order valence-electron chi connectivity index (χ0n) is 17.1. The molecule has 3 rings (SSSR count). The summed E-state index contributed by atoms with van der Waals surface area (Å²) in [5.74, 6) is -3.17. The Hall–Kier alpha value is -2.31. The Morgan fingerprint density at radius 2 is 1.90 bits per heavy atom. The minimum Gasteiger partial charge on any atom is -0.486 e. The van der Waals surface area contributed by atoms with Crippen LogP contribution in [0.15, 0.2) is 43.0 Å². The molecule has 1 aliphatic rings. The van der Waals surface area contributed by atoms with Gasteiger partial charge in [-0.2, -0.15) is 4.39 Å². The van der Waals surface area contributed by atoms with E-state index in [0.29, 0.717) is 18.6 Å². The van der Waals surface area contributed by atoms with Gasteiger partial charge in [-0.15, -0.1) is 0 Å². The van der Waals surface area contributed by atoms with Gasteiger partial charge in [0.25, 0.3) is 0 Å². The summed E-state index contributed by atoms with van der Waals surface area (Å²) in [4.78, 5) is 0. The zero-order valence-corrected chi connectivity index (χ0v) is 17.1. The van der Waals surface area contributed by atoms with E-state index in [2.05, 4.69) is 13.5 Å². The van der Waals surface area contributed by atoms with E-state index in [0.717, 1.165) is 25.9 Å². The van der Waals surface area contributed by atoms with E-state index in [1.165, 1.54) is 30.3 Å². The lowest BCUT2D eigenvalue weighted by Crippen LogP contribution is -2.28. The molecule has 0 aromatic heterocycles. The highest BCUT2D eigenvalue weighted by atomic mass is 19.2. The first-order valence-corrected chi connectivity index (χ1v) is 10.3. The van der Waals surface area contributed by atoms with Crippen LogP contribution in [0.1, 0.15) is 44.3 Å². The normalized spacial score (nSPS) is 18.9. The molecule has 0 spiro atoms. The van der Waals surface area contributed by atoms with Gasteiger partial charge in [-0.3, -0.25) is 0 Å². The van der Waals surface area contributed by atoms with Gasteiger partial charge in [0, 0.05) is 17.7 Å². The summed E-state index contributed by atoms with van der Waals surface area (Å²) in [5, 5.41) is 0. The summed E-state index contributed by atoms with van der Waals surface area (Å²) >= 11 is 0. The summed E-state index contributed by atoms with van der Waals surface area (Å²) in [5.41, 5.74) is 0.508. The highest BCUT2D eigenvalue weighted by molar-refractivity contribution is 5.66. The summed E-state index contributed by atoms with van der Waals surface area (Å²) in [6, 6.07) is 7.08. The third kappa shape index (κ3) is 5.24. The fourth-order valence-electron chi connectivity index (χ4n) is 3.47. The second-order valence-electron chi connectivity index (χ2n) is 7.32. The van der Waals surface area contributed by atoms with Crippen molar-refractivity contribution in [3.63, 3.8) is 0 Å². The second-order valence-corrected chi connectivity index (χ2v) is 7.32. The Morgan fingerprint density at radius 3 is 2.57 bits per heavy atom. The monoisotopic (exact) mass is 420 g/mol. The molecule has 0 aliphatic carbocycles. The summed E-state index contributed by atoms with van der Waals surface area (Å²) in [6.45, 7) is 6.80. The van der Waals surface area contributed by atoms with Gasteiger partial charge in [-0.1, -0.05) is 38.1 Å². The Bertz CT molecular complexity index is 861. The number of hydrogen-bond donors (Lipinski definition) is 0. The number of unbranched alkanes of at least 4 members (excludes halogenated alkanes) is 1. The third-order valence-corrected chi connectivity index (χ3v) is 5.14. The van der Waals surface area contributed by atoms with Gasteiger partial charge < -0.3 is 14.2 Å². The molecular formula is C24H27F3O3. The minimum absolute atomic E-state index is 0.0120. The molecule has 1 heterocycles. The maximum Gasteiger partial charge on any atom is 0.201 e. The van der Waals surface area contributed by atoms with Crippen LogP contribution in [0.5, 0.6) is 5.75 Å². The van der Waals surface area contributed by atoms with Crippen LogP contribution in [-0.2, 0) is 9.47 Å². The van der Waals surface area contributed by atoms with Crippen LogP contribution in [0, 0.1) is 17.5 Å². The molecule has 162 valence electrons. The van der Waals surface area contributed by atoms with E-state index in [1.807, 2.05) is 0 Å². The molecule has 0 radical (unpaired) electrons. The first-order valence-electron chi connectivity index (χ1n) is 10.3. The van der Waals surface area contributed by atoms with Crippen LogP contribution in [-0.4, -0.2) is 25.9 Å². The first-order chi connectivity index (χ1) is 14.5. The lowest BCUT2D eigenvalue weighted by molar-refractivity contribution is -0.0872. The van der Waals surface area contributed by atoms with Crippen molar-refractivity contribution in [3.8, 4) is 16.9 Å². The fourth-order valence-corrected chi connectivity index (χ4v) is 3.47. The predicted octanol–water partition coefficient (Wildman–Crippen LogP) is 6.37. The molecule has 2 unspecified atom stereocenters. The smallest absolute Gasteiger partial charge is 0.201 e. The highest BCUT2D eigenvalue weighted by Crippen LogP contribution is 2.35. The first kappa shape index (κ1) is 22.4. The molecule has 1 fully saturated rings. The molecule has 6 heteroatoms. The number of hydrogen-bond acceptors (Lipinski definition) is 3. The average Bonchev–Trinajstić information content (AvgIpc) is 2.76. The maximum absolute atomic E-state index is 14.8. The second kappa shape index (κ2) is 10.6. The van der Waals surface area contributed by atoms with E-state index in [4.69, 9.17) is 14.2 Å². The number of benzene rings is 2. The van der Waals surface area contributed by atoms with Gasteiger partial charge in [-0.25, -0.2) is 8.78 Å². The maximum atomic E-state index is 14.8. The molecule has 0 amide bonds.